The minimum Gasteiger partial charge on any atom is -0.374 e. The van der Waals surface area contributed by atoms with Gasteiger partial charge in [-0.15, -0.1) is 11.3 Å². The quantitative estimate of drug-likeness (QED) is 0.873. The molecule has 2 atom stereocenters. The highest BCUT2D eigenvalue weighted by molar-refractivity contribution is 7.18. The first-order chi connectivity index (χ1) is 9.72. The van der Waals surface area contributed by atoms with Gasteiger partial charge in [-0.25, -0.2) is 4.98 Å². The lowest BCUT2D eigenvalue weighted by Crippen LogP contribution is -2.49. The van der Waals surface area contributed by atoms with Crippen molar-refractivity contribution in [3.05, 3.63) is 10.9 Å². The molecule has 0 radical (unpaired) electrons. The fourth-order valence-corrected chi connectivity index (χ4v) is 4.33. The molecule has 1 aliphatic carbocycles. The summed E-state index contributed by atoms with van der Waals surface area (Å²) in [5, 5.41) is 1.13. The van der Waals surface area contributed by atoms with Crippen molar-refractivity contribution in [1.29, 1.82) is 0 Å². The van der Waals surface area contributed by atoms with Crippen LogP contribution in [0.25, 0.3) is 10.2 Å². The Morgan fingerprint density at radius 2 is 2.30 bits per heavy atom. The normalized spacial score (nSPS) is 26.1. The summed E-state index contributed by atoms with van der Waals surface area (Å²) < 4.78 is 5.89. The van der Waals surface area contributed by atoms with Gasteiger partial charge < -0.3 is 15.4 Å². The molecule has 1 aliphatic heterocycles. The van der Waals surface area contributed by atoms with Gasteiger partial charge in [0.1, 0.15) is 10.6 Å². The third-order valence-corrected chi connectivity index (χ3v) is 5.21. The zero-order chi connectivity index (χ0) is 13.7. The third-order valence-electron chi connectivity index (χ3n) is 4.27. The van der Waals surface area contributed by atoms with Crippen LogP contribution in [0.4, 0.5) is 11.8 Å². The molecule has 2 aromatic rings. The summed E-state index contributed by atoms with van der Waals surface area (Å²) in [4.78, 5) is 13.5. The van der Waals surface area contributed by atoms with E-state index in [1.807, 2.05) is 0 Å². The van der Waals surface area contributed by atoms with Gasteiger partial charge in [-0.2, -0.15) is 4.98 Å². The van der Waals surface area contributed by atoms with E-state index in [2.05, 4.69) is 27.9 Å². The van der Waals surface area contributed by atoms with Crippen LogP contribution in [0, 0.1) is 6.92 Å². The number of rotatable bonds is 1. The molecule has 2 N–H and O–H groups in total. The van der Waals surface area contributed by atoms with Gasteiger partial charge in [-0.1, -0.05) is 0 Å². The second-order valence-electron chi connectivity index (χ2n) is 5.58. The van der Waals surface area contributed by atoms with Gasteiger partial charge >= 0.3 is 0 Å². The number of hydrogen-bond donors (Lipinski definition) is 1. The maximum atomic E-state index is 5.90. The smallest absolute Gasteiger partial charge is 0.223 e. The maximum Gasteiger partial charge on any atom is 0.223 e. The van der Waals surface area contributed by atoms with Crippen LogP contribution >= 0.6 is 11.3 Å². The molecule has 0 aromatic carbocycles. The highest BCUT2D eigenvalue weighted by atomic mass is 32.1. The maximum absolute atomic E-state index is 5.90. The van der Waals surface area contributed by atoms with E-state index in [4.69, 9.17) is 10.5 Å². The van der Waals surface area contributed by atoms with Crippen molar-refractivity contribution in [2.24, 2.45) is 0 Å². The van der Waals surface area contributed by atoms with Crippen molar-refractivity contribution in [3.63, 3.8) is 0 Å². The van der Waals surface area contributed by atoms with Crippen LogP contribution in [0.5, 0.6) is 0 Å². The molecule has 2 aliphatic rings. The van der Waals surface area contributed by atoms with E-state index in [0.717, 1.165) is 35.6 Å². The van der Waals surface area contributed by atoms with Crippen molar-refractivity contribution in [2.45, 2.75) is 38.3 Å². The molecule has 5 nitrogen and oxygen atoms in total. The van der Waals surface area contributed by atoms with E-state index in [9.17, 15) is 0 Å². The fraction of sp³-hybridized carbons (Fsp3) is 0.571. The number of anilines is 2. The van der Waals surface area contributed by atoms with Crippen molar-refractivity contribution >= 4 is 33.3 Å². The number of hydrogen-bond acceptors (Lipinski definition) is 6. The first-order valence-corrected chi connectivity index (χ1v) is 7.96. The van der Waals surface area contributed by atoms with Crippen LogP contribution in [0.3, 0.4) is 0 Å². The molecule has 4 rings (SSSR count). The van der Waals surface area contributed by atoms with E-state index in [1.165, 1.54) is 17.7 Å². The Bertz CT molecular complexity index is 656. The summed E-state index contributed by atoms with van der Waals surface area (Å²) in [5.74, 6) is 1.37. The lowest BCUT2D eigenvalue weighted by molar-refractivity contribution is 0.0254. The molecule has 3 heterocycles. The van der Waals surface area contributed by atoms with Crippen LogP contribution in [-0.4, -0.2) is 35.3 Å². The SMILES string of the molecule is Cc1cc2c(N3CCOC4CCCC43)nc(N)nc2s1. The lowest BCUT2D eigenvalue weighted by atomic mass is 10.1. The molecule has 1 saturated carbocycles. The second-order valence-corrected chi connectivity index (χ2v) is 6.82. The largest absolute Gasteiger partial charge is 0.374 e. The van der Waals surface area contributed by atoms with E-state index in [1.54, 1.807) is 11.3 Å². The number of ether oxygens (including phenoxy) is 1. The summed E-state index contributed by atoms with van der Waals surface area (Å²) in [7, 11) is 0. The first-order valence-electron chi connectivity index (χ1n) is 7.14. The van der Waals surface area contributed by atoms with E-state index >= 15 is 0 Å². The lowest BCUT2D eigenvalue weighted by Gasteiger charge is -2.38. The summed E-state index contributed by atoms with van der Waals surface area (Å²) in [6.07, 6.45) is 3.93. The molecular formula is C14H18N4OS. The Labute approximate surface area is 121 Å². The summed E-state index contributed by atoms with van der Waals surface area (Å²) in [6, 6.07) is 2.62. The van der Waals surface area contributed by atoms with Gasteiger partial charge in [-0.05, 0) is 32.3 Å². The Morgan fingerprint density at radius 3 is 3.20 bits per heavy atom. The summed E-state index contributed by atoms with van der Waals surface area (Å²) in [6.45, 7) is 3.77. The van der Waals surface area contributed by atoms with E-state index < -0.39 is 0 Å². The Kier molecular flexibility index (Phi) is 2.82. The van der Waals surface area contributed by atoms with Crippen molar-refractivity contribution < 1.29 is 4.74 Å². The molecule has 0 spiro atoms. The first kappa shape index (κ1) is 12.3. The van der Waals surface area contributed by atoms with Crippen LogP contribution in [0.2, 0.25) is 0 Å². The molecule has 106 valence electrons. The third kappa shape index (κ3) is 1.86. The van der Waals surface area contributed by atoms with E-state index in [-0.39, 0.29) is 0 Å². The molecule has 1 saturated heterocycles. The molecule has 2 unspecified atom stereocenters. The highest BCUT2D eigenvalue weighted by Crippen LogP contribution is 2.37. The summed E-state index contributed by atoms with van der Waals surface area (Å²) in [5.41, 5.74) is 5.90. The van der Waals surface area contributed by atoms with Gasteiger partial charge in [0, 0.05) is 11.4 Å². The van der Waals surface area contributed by atoms with Gasteiger partial charge in [0.05, 0.1) is 24.1 Å². The minimum atomic E-state index is 0.356. The van der Waals surface area contributed by atoms with Gasteiger partial charge in [0.25, 0.3) is 0 Å². The molecule has 0 amide bonds. The van der Waals surface area contributed by atoms with Gasteiger partial charge in [0.2, 0.25) is 5.95 Å². The van der Waals surface area contributed by atoms with Crippen molar-refractivity contribution in [3.8, 4) is 0 Å². The second kappa shape index (κ2) is 4.56. The molecule has 6 heteroatoms. The molecule has 2 aromatic heterocycles. The van der Waals surface area contributed by atoms with Crippen molar-refractivity contribution in [1.82, 2.24) is 9.97 Å². The predicted octanol–water partition coefficient (Wildman–Crippen LogP) is 2.34. The van der Waals surface area contributed by atoms with Crippen LogP contribution in [0.15, 0.2) is 6.07 Å². The Balaban J connectivity index is 1.84. The minimum absolute atomic E-state index is 0.356. The van der Waals surface area contributed by atoms with E-state index in [0.29, 0.717) is 18.1 Å². The average Bonchev–Trinajstić information content (AvgIpc) is 3.02. The Morgan fingerprint density at radius 1 is 1.40 bits per heavy atom. The zero-order valence-corrected chi connectivity index (χ0v) is 12.3. The number of morpholine rings is 1. The highest BCUT2D eigenvalue weighted by Gasteiger charge is 2.37. The average molecular weight is 290 g/mol. The number of aromatic nitrogens is 2. The number of aryl methyl sites for hydroxylation is 1. The fourth-order valence-electron chi connectivity index (χ4n) is 3.45. The molecular weight excluding hydrogens is 272 g/mol. The van der Waals surface area contributed by atoms with Crippen LogP contribution in [-0.2, 0) is 4.74 Å². The number of nitrogens with two attached hydrogens (primary N) is 1. The standard InChI is InChI=1S/C14H18N4OS/c1-8-7-9-12(16-14(15)17-13(9)20-8)18-5-6-19-11-4-2-3-10(11)18/h7,10-11H,2-6H2,1H3,(H2,15,16,17). The molecule has 20 heavy (non-hydrogen) atoms. The van der Waals surface area contributed by atoms with Gasteiger partial charge in [-0.3, -0.25) is 0 Å². The topological polar surface area (TPSA) is 64.3 Å². The van der Waals surface area contributed by atoms with Gasteiger partial charge in [0.15, 0.2) is 0 Å². The number of nitrogen functional groups attached to an aromatic ring is 1. The monoisotopic (exact) mass is 290 g/mol. The van der Waals surface area contributed by atoms with Crippen molar-refractivity contribution in [2.75, 3.05) is 23.8 Å². The molecule has 0 bridgehead atoms. The number of thiophene rings is 1. The predicted molar refractivity (Wildman–Crippen MR) is 81.3 cm³/mol. The Hall–Kier alpha value is -1.40. The number of nitrogens with zero attached hydrogens (tertiary/aromatic N) is 3. The van der Waals surface area contributed by atoms with Crippen LogP contribution < -0.4 is 10.6 Å². The molecule has 2 fully saturated rings. The number of fused-ring (bicyclic) bond motifs is 2. The van der Waals surface area contributed by atoms with Crippen LogP contribution in [0.1, 0.15) is 24.1 Å². The zero-order valence-electron chi connectivity index (χ0n) is 11.5. The summed E-state index contributed by atoms with van der Waals surface area (Å²) >= 11 is 1.68.